The molecule has 2 aromatic rings. The average molecular weight is 204 g/mol. The van der Waals surface area contributed by atoms with Crippen LogP contribution in [0.15, 0.2) is 28.7 Å². The number of amides is 2. The molecule has 0 saturated heterocycles. The van der Waals surface area contributed by atoms with Gasteiger partial charge in [0.25, 0.3) is 5.91 Å². The Bertz CT molecular complexity index is 530. The van der Waals surface area contributed by atoms with Gasteiger partial charge in [-0.25, -0.2) is 0 Å². The molecule has 0 bridgehead atoms. The maximum atomic E-state index is 11.0. The first-order valence-electron chi connectivity index (χ1n) is 4.25. The largest absolute Gasteiger partial charge is 0.449 e. The van der Waals surface area contributed by atoms with Crippen LogP contribution in [-0.4, -0.2) is 12.3 Å². The van der Waals surface area contributed by atoms with Crippen LogP contribution in [0.4, 0.5) is 5.69 Å². The first-order valence-corrected chi connectivity index (χ1v) is 4.25. The van der Waals surface area contributed by atoms with E-state index in [1.807, 2.05) is 0 Å². The van der Waals surface area contributed by atoms with E-state index >= 15 is 0 Å². The summed E-state index contributed by atoms with van der Waals surface area (Å²) in [5.41, 5.74) is 5.94. The van der Waals surface area contributed by atoms with Gasteiger partial charge >= 0.3 is 0 Å². The summed E-state index contributed by atoms with van der Waals surface area (Å²) >= 11 is 0. The van der Waals surface area contributed by atoms with Crippen molar-refractivity contribution in [3.05, 3.63) is 30.0 Å². The fourth-order valence-corrected chi connectivity index (χ4v) is 1.42. The second kappa shape index (κ2) is 3.45. The Labute approximate surface area is 84.9 Å². The highest BCUT2D eigenvalue weighted by Gasteiger charge is 2.17. The lowest BCUT2D eigenvalue weighted by Crippen LogP contribution is -2.12. The molecule has 1 aromatic carbocycles. The summed E-state index contributed by atoms with van der Waals surface area (Å²) < 4.78 is 5.22. The number of para-hydroxylation sites is 1. The summed E-state index contributed by atoms with van der Waals surface area (Å²) in [7, 11) is 0. The molecule has 5 heteroatoms. The van der Waals surface area contributed by atoms with E-state index in [2.05, 4.69) is 5.32 Å². The number of hydrogen-bond donors (Lipinski definition) is 2. The van der Waals surface area contributed by atoms with Crippen LogP contribution in [0.1, 0.15) is 10.6 Å². The van der Waals surface area contributed by atoms with Gasteiger partial charge in [-0.3, -0.25) is 9.59 Å². The summed E-state index contributed by atoms with van der Waals surface area (Å²) in [4.78, 5) is 21.4. The number of carbonyl (C=O) groups excluding carboxylic acids is 2. The van der Waals surface area contributed by atoms with Gasteiger partial charge in [-0.2, -0.15) is 0 Å². The van der Waals surface area contributed by atoms with Gasteiger partial charge in [-0.15, -0.1) is 0 Å². The molecule has 0 radical (unpaired) electrons. The molecular formula is C10H8N2O3. The van der Waals surface area contributed by atoms with Crippen LogP contribution in [0, 0.1) is 0 Å². The quantitative estimate of drug-likeness (QED) is 0.734. The number of furan rings is 1. The van der Waals surface area contributed by atoms with Crippen molar-refractivity contribution in [2.75, 3.05) is 5.32 Å². The number of nitrogens with two attached hydrogens (primary N) is 1. The number of hydrogen-bond acceptors (Lipinski definition) is 3. The second-order valence-electron chi connectivity index (χ2n) is 2.93. The molecule has 1 heterocycles. The number of rotatable bonds is 3. The number of fused-ring (bicyclic) bond motifs is 1. The fraction of sp³-hybridized carbons (Fsp3) is 0. The Hall–Kier alpha value is -2.30. The monoisotopic (exact) mass is 204 g/mol. The van der Waals surface area contributed by atoms with E-state index in [0.29, 0.717) is 23.1 Å². The van der Waals surface area contributed by atoms with E-state index in [1.54, 1.807) is 24.3 Å². The van der Waals surface area contributed by atoms with Crippen molar-refractivity contribution in [3.63, 3.8) is 0 Å². The van der Waals surface area contributed by atoms with Crippen LogP contribution >= 0.6 is 0 Å². The Morgan fingerprint density at radius 3 is 2.80 bits per heavy atom. The third-order valence-corrected chi connectivity index (χ3v) is 2.02. The van der Waals surface area contributed by atoms with Gasteiger partial charge in [0.2, 0.25) is 12.2 Å². The van der Waals surface area contributed by atoms with Gasteiger partial charge in [-0.1, -0.05) is 12.1 Å². The normalized spacial score (nSPS) is 10.1. The van der Waals surface area contributed by atoms with E-state index in [9.17, 15) is 9.59 Å². The Kier molecular flexibility index (Phi) is 2.13. The zero-order valence-corrected chi connectivity index (χ0v) is 7.69. The molecule has 0 fully saturated rings. The highest BCUT2D eigenvalue weighted by Crippen LogP contribution is 2.29. The van der Waals surface area contributed by atoms with Crippen molar-refractivity contribution in [2.45, 2.75) is 0 Å². The van der Waals surface area contributed by atoms with Crippen LogP contribution in [-0.2, 0) is 4.79 Å². The Morgan fingerprint density at radius 2 is 2.13 bits per heavy atom. The van der Waals surface area contributed by atoms with Gasteiger partial charge in [-0.05, 0) is 12.1 Å². The number of anilines is 1. The van der Waals surface area contributed by atoms with Crippen LogP contribution in [0.2, 0.25) is 0 Å². The minimum Gasteiger partial charge on any atom is -0.449 e. The van der Waals surface area contributed by atoms with Gasteiger partial charge in [0.15, 0.2) is 0 Å². The lowest BCUT2D eigenvalue weighted by molar-refractivity contribution is -0.105. The van der Waals surface area contributed by atoms with Crippen molar-refractivity contribution >= 4 is 29.0 Å². The molecule has 0 atom stereocenters. The lowest BCUT2D eigenvalue weighted by atomic mass is 10.2. The third-order valence-electron chi connectivity index (χ3n) is 2.02. The average Bonchev–Trinajstić information content (AvgIpc) is 2.58. The van der Waals surface area contributed by atoms with Crippen molar-refractivity contribution in [3.8, 4) is 0 Å². The molecule has 15 heavy (non-hydrogen) atoms. The van der Waals surface area contributed by atoms with Crippen molar-refractivity contribution in [1.29, 1.82) is 0 Å². The Morgan fingerprint density at radius 1 is 1.40 bits per heavy atom. The van der Waals surface area contributed by atoms with E-state index in [1.165, 1.54) is 0 Å². The molecule has 0 aliphatic rings. The molecule has 3 N–H and O–H groups in total. The van der Waals surface area contributed by atoms with E-state index in [4.69, 9.17) is 10.2 Å². The van der Waals surface area contributed by atoms with Crippen LogP contribution < -0.4 is 11.1 Å². The van der Waals surface area contributed by atoms with Crippen molar-refractivity contribution in [1.82, 2.24) is 0 Å². The highest BCUT2D eigenvalue weighted by atomic mass is 16.3. The number of nitrogens with one attached hydrogen (secondary N) is 1. The molecule has 2 amide bonds. The van der Waals surface area contributed by atoms with Crippen LogP contribution in [0.5, 0.6) is 0 Å². The van der Waals surface area contributed by atoms with Gasteiger partial charge in [0.1, 0.15) is 11.3 Å². The molecular weight excluding hydrogens is 196 g/mol. The number of benzene rings is 1. The van der Waals surface area contributed by atoms with E-state index < -0.39 is 5.91 Å². The molecule has 0 aliphatic heterocycles. The van der Waals surface area contributed by atoms with Gasteiger partial charge in [0, 0.05) is 5.39 Å². The summed E-state index contributed by atoms with van der Waals surface area (Å²) in [5.74, 6) is -0.751. The summed E-state index contributed by atoms with van der Waals surface area (Å²) in [6, 6.07) is 6.97. The third kappa shape index (κ3) is 1.43. The number of primary amides is 1. The minimum absolute atomic E-state index is 0.0386. The standard InChI is InChI=1S/C10H8N2O3/c11-10(14)9-8(12-5-13)6-3-1-2-4-7(6)15-9/h1-5H,(H2,11,14)(H,12,13). The topological polar surface area (TPSA) is 85.3 Å². The zero-order chi connectivity index (χ0) is 10.8. The highest BCUT2D eigenvalue weighted by molar-refractivity contribution is 6.07. The SMILES string of the molecule is NC(=O)c1oc2ccccc2c1NC=O. The predicted octanol–water partition coefficient (Wildman–Crippen LogP) is 1.10. The molecule has 0 aliphatic carbocycles. The predicted molar refractivity (Wildman–Crippen MR) is 54.4 cm³/mol. The molecule has 5 nitrogen and oxygen atoms in total. The minimum atomic E-state index is -0.712. The van der Waals surface area contributed by atoms with Crippen molar-refractivity contribution in [2.24, 2.45) is 5.73 Å². The van der Waals surface area contributed by atoms with Gasteiger partial charge in [0.05, 0.1) is 0 Å². The second-order valence-corrected chi connectivity index (χ2v) is 2.93. The zero-order valence-electron chi connectivity index (χ0n) is 7.69. The van der Waals surface area contributed by atoms with Crippen LogP contribution in [0.25, 0.3) is 11.0 Å². The fourth-order valence-electron chi connectivity index (χ4n) is 1.42. The lowest BCUT2D eigenvalue weighted by Gasteiger charge is -1.95. The molecule has 0 spiro atoms. The van der Waals surface area contributed by atoms with Crippen LogP contribution in [0.3, 0.4) is 0 Å². The van der Waals surface area contributed by atoms with Gasteiger partial charge < -0.3 is 15.5 Å². The molecule has 1 aromatic heterocycles. The molecule has 76 valence electrons. The summed E-state index contributed by atoms with van der Waals surface area (Å²) in [5, 5.41) is 3.06. The molecule has 0 saturated carbocycles. The smallest absolute Gasteiger partial charge is 0.286 e. The maximum absolute atomic E-state index is 11.0. The number of carbonyl (C=O) groups is 2. The Balaban J connectivity index is 2.73. The molecule has 2 rings (SSSR count). The van der Waals surface area contributed by atoms with E-state index in [0.717, 1.165) is 0 Å². The van der Waals surface area contributed by atoms with E-state index in [-0.39, 0.29) is 5.76 Å². The summed E-state index contributed by atoms with van der Waals surface area (Å²) in [6.45, 7) is 0. The van der Waals surface area contributed by atoms with Crippen molar-refractivity contribution < 1.29 is 14.0 Å². The maximum Gasteiger partial charge on any atom is 0.286 e. The first kappa shape index (κ1) is 9.26. The first-order chi connectivity index (χ1) is 7.24. The summed E-state index contributed by atoms with van der Waals surface area (Å²) in [6.07, 6.45) is 0.476. The molecule has 0 unspecified atom stereocenters.